The predicted molar refractivity (Wildman–Crippen MR) is 77.8 cm³/mol. The van der Waals surface area contributed by atoms with Gasteiger partial charge in [0.1, 0.15) is 0 Å². The third-order valence-electron chi connectivity index (χ3n) is 4.29. The standard InChI is InChI=1S/C14H32O2Si/c1-9-11(2)13(12(3)10-15)16-17(7,8)14(4,5)6/h11-13,15H,9-10H2,1-8H3/t11-,12+,13+/m0/s1. The lowest BCUT2D eigenvalue weighted by Crippen LogP contribution is -2.47. The van der Waals surface area contributed by atoms with Gasteiger partial charge in [-0.25, -0.2) is 0 Å². The molecule has 0 rings (SSSR count). The maximum Gasteiger partial charge on any atom is 0.192 e. The van der Waals surface area contributed by atoms with E-state index in [0.717, 1.165) is 6.42 Å². The van der Waals surface area contributed by atoms with Crippen molar-refractivity contribution < 1.29 is 9.53 Å². The van der Waals surface area contributed by atoms with Crippen LogP contribution in [0.2, 0.25) is 18.1 Å². The number of aliphatic hydroxyl groups excluding tert-OH is 1. The van der Waals surface area contributed by atoms with Crippen LogP contribution >= 0.6 is 0 Å². The number of hydrogen-bond donors (Lipinski definition) is 1. The molecule has 1 N–H and O–H groups in total. The van der Waals surface area contributed by atoms with Gasteiger partial charge in [-0.05, 0) is 24.1 Å². The van der Waals surface area contributed by atoms with E-state index in [-0.39, 0.29) is 23.7 Å². The van der Waals surface area contributed by atoms with Crippen LogP contribution in [0, 0.1) is 11.8 Å². The minimum absolute atomic E-state index is 0.186. The number of rotatable bonds is 6. The van der Waals surface area contributed by atoms with E-state index < -0.39 is 8.32 Å². The molecule has 0 saturated heterocycles. The molecular weight excluding hydrogens is 228 g/mol. The van der Waals surface area contributed by atoms with Crippen molar-refractivity contribution in [2.45, 2.75) is 72.2 Å². The van der Waals surface area contributed by atoms with Gasteiger partial charge in [0.2, 0.25) is 0 Å². The highest BCUT2D eigenvalue weighted by Gasteiger charge is 2.41. The van der Waals surface area contributed by atoms with Crippen LogP contribution in [0.4, 0.5) is 0 Å². The summed E-state index contributed by atoms with van der Waals surface area (Å²) in [5.74, 6) is 0.727. The van der Waals surface area contributed by atoms with Gasteiger partial charge < -0.3 is 9.53 Å². The van der Waals surface area contributed by atoms with Crippen LogP contribution in [0.1, 0.15) is 48.0 Å². The lowest BCUT2D eigenvalue weighted by Gasteiger charge is -2.42. The maximum atomic E-state index is 9.38. The van der Waals surface area contributed by atoms with Gasteiger partial charge in [0.25, 0.3) is 0 Å². The number of hydrogen-bond acceptors (Lipinski definition) is 2. The van der Waals surface area contributed by atoms with Gasteiger partial charge in [-0.3, -0.25) is 0 Å². The van der Waals surface area contributed by atoms with Gasteiger partial charge in [-0.2, -0.15) is 0 Å². The van der Waals surface area contributed by atoms with Crippen molar-refractivity contribution in [2.75, 3.05) is 6.61 Å². The molecule has 0 fully saturated rings. The van der Waals surface area contributed by atoms with Gasteiger partial charge in [-0.15, -0.1) is 0 Å². The molecule has 104 valence electrons. The zero-order valence-corrected chi connectivity index (χ0v) is 14.0. The Balaban J connectivity index is 4.87. The van der Waals surface area contributed by atoms with Crippen molar-refractivity contribution in [2.24, 2.45) is 11.8 Å². The molecule has 3 heteroatoms. The molecule has 0 spiro atoms. The Morgan fingerprint density at radius 2 is 1.59 bits per heavy atom. The van der Waals surface area contributed by atoms with Gasteiger partial charge in [-0.1, -0.05) is 48.0 Å². The largest absolute Gasteiger partial charge is 0.413 e. The molecule has 0 aliphatic rings. The molecule has 0 saturated carbocycles. The molecule has 3 atom stereocenters. The van der Waals surface area contributed by atoms with E-state index in [1.807, 2.05) is 0 Å². The second-order valence-electron chi connectivity index (χ2n) is 6.89. The van der Waals surface area contributed by atoms with Crippen LogP contribution in [-0.2, 0) is 4.43 Å². The van der Waals surface area contributed by atoms with Crippen LogP contribution < -0.4 is 0 Å². The van der Waals surface area contributed by atoms with Gasteiger partial charge in [0, 0.05) is 12.5 Å². The molecule has 0 aromatic heterocycles. The summed E-state index contributed by atoms with van der Waals surface area (Å²) in [5.41, 5.74) is 0. The molecule has 0 amide bonds. The minimum atomic E-state index is -1.74. The van der Waals surface area contributed by atoms with Crippen molar-refractivity contribution in [3.05, 3.63) is 0 Å². The fourth-order valence-electron chi connectivity index (χ4n) is 1.65. The summed E-state index contributed by atoms with van der Waals surface area (Å²) in [7, 11) is -1.74. The Labute approximate surface area is 109 Å². The lowest BCUT2D eigenvalue weighted by molar-refractivity contribution is 0.0445. The Hall–Kier alpha value is 0.137. The molecule has 0 aliphatic carbocycles. The summed E-state index contributed by atoms with van der Waals surface area (Å²) in [6.07, 6.45) is 1.29. The highest BCUT2D eigenvalue weighted by molar-refractivity contribution is 6.74. The Kier molecular flexibility index (Phi) is 6.40. The van der Waals surface area contributed by atoms with Crippen molar-refractivity contribution in [1.82, 2.24) is 0 Å². The normalized spacial score (nSPS) is 18.9. The molecule has 0 aromatic carbocycles. The smallest absolute Gasteiger partial charge is 0.192 e. The topological polar surface area (TPSA) is 29.5 Å². The summed E-state index contributed by atoms with van der Waals surface area (Å²) in [5, 5.41) is 9.61. The van der Waals surface area contributed by atoms with E-state index in [1.165, 1.54) is 0 Å². The van der Waals surface area contributed by atoms with E-state index in [9.17, 15) is 5.11 Å². The van der Waals surface area contributed by atoms with Crippen molar-refractivity contribution in [1.29, 1.82) is 0 Å². The summed E-state index contributed by atoms with van der Waals surface area (Å²) >= 11 is 0. The van der Waals surface area contributed by atoms with Crippen LogP contribution in [0.25, 0.3) is 0 Å². The third kappa shape index (κ3) is 4.72. The Bertz CT molecular complexity index is 211. The molecule has 0 radical (unpaired) electrons. The highest BCUT2D eigenvalue weighted by atomic mass is 28.4. The van der Waals surface area contributed by atoms with E-state index in [0.29, 0.717) is 5.92 Å². The molecule has 0 aliphatic heterocycles. The molecule has 2 nitrogen and oxygen atoms in total. The van der Waals surface area contributed by atoms with E-state index >= 15 is 0 Å². The summed E-state index contributed by atoms with van der Waals surface area (Å²) in [6, 6.07) is 0. The van der Waals surface area contributed by atoms with Crippen molar-refractivity contribution in [3.8, 4) is 0 Å². The van der Waals surface area contributed by atoms with E-state index in [1.54, 1.807) is 0 Å². The molecule has 0 heterocycles. The fraction of sp³-hybridized carbons (Fsp3) is 1.00. The maximum absolute atomic E-state index is 9.38. The quantitative estimate of drug-likeness (QED) is 0.730. The fourth-order valence-corrected chi connectivity index (χ4v) is 3.14. The minimum Gasteiger partial charge on any atom is -0.413 e. The molecule has 0 bridgehead atoms. The summed E-state index contributed by atoms with van der Waals surface area (Å²) in [4.78, 5) is 0. The van der Waals surface area contributed by atoms with E-state index in [2.05, 4.69) is 54.6 Å². The molecular formula is C14H32O2Si. The summed E-state index contributed by atoms with van der Waals surface area (Å²) in [6.45, 7) is 18.1. The first-order valence-electron chi connectivity index (χ1n) is 6.85. The van der Waals surface area contributed by atoms with Crippen molar-refractivity contribution >= 4 is 8.32 Å². The molecule has 17 heavy (non-hydrogen) atoms. The second kappa shape index (κ2) is 6.35. The molecule has 0 aromatic rings. The average Bonchev–Trinajstić information content (AvgIpc) is 2.22. The SMILES string of the molecule is CC[C@H](C)[C@@H](O[Si](C)(C)C(C)(C)C)[C@H](C)CO. The van der Waals surface area contributed by atoms with Crippen LogP contribution in [0.3, 0.4) is 0 Å². The Morgan fingerprint density at radius 3 is 1.88 bits per heavy atom. The van der Waals surface area contributed by atoms with Crippen molar-refractivity contribution in [3.63, 3.8) is 0 Å². The van der Waals surface area contributed by atoms with E-state index in [4.69, 9.17) is 4.43 Å². The highest BCUT2D eigenvalue weighted by Crippen LogP contribution is 2.39. The predicted octanol–water partition coefficient (Wildman–Crippen LogP) is 4.05. The first-order valence-corrected chi connectivity index (χ1v) is 9.76. The second-order valence-corrected chi connectivity index (χ2v) is 11.6. The first kappa shape index (κ1) is 17.1. The summed E-state index contributed by atoms with van der Waals surface area (Å²) < 4.78 is 6.49. The lowest BCUT2D eigenvalue weighted by atomic mass is 9.92. The van der Waals surface area contributed by atoms with Crippen LogP contribution in [0.5, 0.6) is 0 Å². The third-order valence-corrected chi connectivity index (χ3v) is 8.76. The first-order chi connectivity index (χ1) is 7.56. The van der Waals surface area contributed by atoms with Gasteiger partial charge >= 0.3 is 0 Å². The zero-order valence-electron chi connectivity index (χ0n) is 13.0. The van der Waals surface area contributed by atoms with Gasteiger partial charge in [0.05, 0.1) is 6.10 Å². The van der Waals surface area contributed by atoms with Crippen LogP contribution in [0.15, 0.2) is 0 Å². The van der Waals surface area contributed by atoms with Crippen LogP contribution in [-0.4, -0.2) is 26.1 Å². The Morgan fingerprint density at radius 1 is 1.12 bits per heavy atom. The molecule has 0 unspecified atom stereocenters. The monoisotopic (exact) mass is 260 g/mol. The average molecular weight is 260 g/mol. The number of aliphatic hydroxyl groups is 1. The zero-order chi connectivity index (χ0) is 13.9. The van der Waals surface area contributed by atoms with Gasteiger partial charge in [0.15, 0.2) is 8.32 Å².